The molecule has 2 N–H and O–H groups in total. The van der Waals surface area contributed by atoms with Crippen molar-refractivity contribution in [3.63, 3.8) is 0 Å². The van der Waals surface area contributed by atoms with Crippen molar-refractivity contribution in [3.8, 4) is 5.88 Å². The van der Waals surface area contributed by atoms with Gasteiger partial charge in [0.2, 0.25) is 5.88 Å². The van der Waals surface area contributed by atoms with Crippen LogP contribution in [0, 0.1) is 0 Å². The molecule has 1 aromatic carbocycles. The molecule has 0 bridgehead atoms. The van der Waals surface area contributed by atoms with Crippen LogP contribution in [0.2, 0.25) is 5.02 Å². The predicted octanol–water partition coefficient (Wildman–Crippen LogP) is 2.79. The minimum atomic E-state index is -0.204. The number of carbonyl (C=O) groups excluding carboxylic acids is 1. The van der Waals surface area contributed by atoms with Gasteiger partial charge in [0.05, 0.1) is 7.11 Å². The summed E-state index contributed by atoms with van der Waals surface area (Å²) in [4.78, 5) is 15.8. The van der Waals surface area contributed by atoms with Crippen LogP contribution in [0.25, 0.3) is 0 Å². The van der Waals surface area contributed by atoms with E-state index in [-0.39, 0.29) is 6.03 Å². The molecule has 6 heteroatoms. The number of halogens is 1. The quantitative estimate of drug-likeness (QED) is 0.860. The zero-order chi connectivity index (χ0) is 15.8. The van der Waals surface area contributed by atoms with Crippen LogP contribution in [0.1, 0.15) is 11.1 Å². The average molecular weight is 320 g/mol. The second-order valence-electron chi connectivity index (χ2n) is 4.69. The Hall–Kier alpha value is -2.27. The number of aromatic nitrogens is 1. The van der Waals surface area contributed by atoms with Crippen molar-refractivity contribution in [2.45, 2.75) is 13.0 Å². The summed E-state index contributed by atoms with van der Waals surface area (Å²) < 4.78 is 4.98. The Morgan fingerprint density at radius 1 is 1.14 bits per heavy atom. The molecule has 0 radical (unpaired) electrons. The average Bonchev–Trinajstić information content (AvgIpc) is 2.55. The summed E-state index contributed by atoms with van der Waals surface area (Å²) in [7, 11) is 1.56. The highest BCUT2D eigenvalue weighted by molar-refractivity contribution is 6.30. The molecule has 0 aliphatic heterocycles. The zero-order valence-electron chi connectivity index (χ0n) is 12.3. The lowest BCUT2D eigenvalue weighted by atomic mass is 10.1. The first-order valence-electron chi connectivity index (χ1n) is 6.92. The Kier molecular flexibility index (Phi) is 6.03. The maximum atomic E-state index is 11.7. The number of nitrogens with zero attached hydrogens (tertiary/aromatic N) is 1. The lowest BCUT2D eigenvalue weighted by Crippen LogP contribution is -2.36. The van der Waals surface area contributed by atoms with Gasteiger partial charge >= 0.3 is 6.03 Å². The van der Waals surface area contributed by atoms with Crippen LogP contribution in [-0.4, -0.2) is 24.7 Å². The Morgan fingerprint density at radius 2 is 1.86 bits per heavy atom. The summed E-state index contributed by atoms with van der Waals surface area (Å²) in [5, 5.41) is 6.30. The number of hydrogen-bond acceptors (Lipinski definition) is 3. The molecule has 5 nitrogen and oxygen atoms in total. The molecule has 1 heterocycles. The van der Waals surface area contributed by atoms with E-state index in [1.165, 1.54) is 0 Å². The molecular formula is C16H18ClN3O2. The third-order valence-corrected chi connectivity index (χ3v) is 3.32. The van der Waals surface area contributed by atoms with Crippen LogP contribution in [0.4, 0.5) is 4.79 Å². The highest BCUT2D eigenvalue weighted by Gasteiger charge is 2.01. The number of carbonyl (C=O) groups is 1. The molecule has 0 fully saturated rings. The van der Waals surface area contributed by atoms with Crippen LogP contribution < -0.4 is 15.4 Å². The normalized spacial score (nSPS) is 10.1. The zero-order valence-corrected chi connectivity index (χ0v) is 13.1. The minimum Gasteiger partial charge on any atom is -0.481 e. The van der Waals surface area contributed by atoms with Crippen LogP contribution >= 0.6 is 11.6 Å². The minimum absolute atomic E-state index is 0.204. The number of urea groups is 1. The Balaban J connectivity index is 1.68. The van der Waals surface area contributed by atoms with Crippen molar-refractivity contribution < 1.29 is 9.53 Å². The predicted molar refractivity (Wildman–Crippen MR) is 86.2 cm³/mol. The molecule has 0 unspecified atom stereocenters. The maximum absolute atomic E-state index is 11.7. The van der Waals surface area contributed by atoms with Crippen molar-refractivity contribution >= 4 is 17.6 Å². The van der Waals surface area contributed by atoms with Gasteiger partial charge in [0.15, 0.2) is 0 Å². The number of rotatable bonds is 6. The molecule has 2 amide bonds. The second kappa shape index (κ2) is 8.24. The highest BCUT2D eigenvalue weighted by atomic mass is 35.5. The van der Waals surface area contributed by atoms with Crippen molar-refractivity contribution in [3.05, 3.63) is 58.7 Å². The summed E-state index contributed by atoms with van der Waals surface area (Å²) in [6, 6.07) is 11.0. The molecule has 22 heavy (non-hydrogen) atoms. The van der Waals surface area contributed by atoms with E-state index in [2.05, 4.69) is 15.6 Å². The summed E-state index contributed by atoms with van der Waals surface area (Å²) >= 11 is 5.82. The van der Waals surface area contributed by atoms with Gasteiger partial charge in [-0.25, -0.2) is 9.78 Å². The van der Waals surface area contributed by atoms with Crippen molar-refractivity contribution in [1.82, 2.24) is 15.6 Å². The number of nitrogens with one attached hydrogen (secondary N) is 2. The molecule has 0 saturated carbocycles. The Labute approximate surface area is 134 Å². The van der Waals surface area contributed by atoms with E-state index in [1.807, 2.05) is 30.3 Å². The largest absolute Gasteiger partial charge is 0.481 e. The van der Waals surface area contributed by atoms with Crippen molar-refractivity contribution in [1.29, 1.82) is 0 Å². The molecule has 0 aliphatic rings. The summed E-state index contributed by atoms with van der Waals surface area (Å²) in [6.07, 6.45) is 2.43. The van der Waals surface area contributed by atoms with E-state index in [0.717, 1.165) is 17.5 Å². The van der Waals surface area contributed by atoms with Crippen molar-refractivity contribution in [2.24, 2.45) is 0 Å². The van der Waals surface area contributed by atoms with Crippen LogP contribution in [0.15, 0.2) is 42.6 Å². The lowest BCUT2D eigenvalue weighted by Gasteiger charge is -2.08. The van der Waals surface area contributed by atoms with Gasteiger partial charge in [0.1, 0.15) is 0 Å². The number of methoxy groups -OCH3 is 1. The topological polar surface area (TPSA) is 63.2 Å². The number of amides is 2. The lowest BCUT2D eigenvalue weighted by molar-refractivity contribution is 0.240. The van der Waals surface area contributed by atoms with E-state index in [9.17, 15) is 4.79 Å². The molecule has 116 valence electrons. The summed E-state index contributed by atoms with van der Waals surface area (Å²) in [6.45, 7) is 0.984. The maximum Gasteiger partial charge on any atom is 0.315 e. The van der Waals surface area contributed by atoms with Crippen LogP contribution in [0.3, 0.4) is 0 Å². The fourth-order valence-corrected chi connectivity index (χ4v) is 1.98. The molecule has 0 spiro atoms. The van der Waals surface area contributed by atoms with Gasteiger partial charge in [-0.05, 0) is 29.7 Å². The molecule has 0 saturated heterocycles. The first-order chi connectivity index (χ1) is 10.7. The number of pyridine rings is 1. The molecule has 0 aliphatic carbocycles. The van der Waals surface area contributed by atoms with Gasteiger partial charge in [-0.15, -0.1) is 0 Å². The number of hydrogen-bond donors (Lipinski definition) is 2. The van der Waals surface area contributed by atoms with E-state index in [1.54, 1.807) is 19.4 Å². The molecule has 2 aromatic rings. The van der Waals surface area contributed by atoms with E-state index in [4.69, 9.17) is 16.3 Å². The molecule has 0 atom stereocenters. The third-order valence-electron chi connectivity index (χ3n) is 3.07. The number of ether oxygens (including phenoxy) is 1. The van der Waals surface area contributed by atoms with Gasteiger partial charge in [0.25, 0.3) is 0 Å². The molecular weight excluding hydrogens is 302 g/mol. The fraction of sp³-hybridized carbons (Fsp3) is 0.250. The first-order valence-corrected chi connectivity index (χ1v) is 7.30. The monoisotopic (exact) mass is 319 g/mol. The number of benzene rings is 1. The van der Waals surface area contributed by atoms with Gasteiger partial charge < -0.3 is 15.4 Å². The second-order valence-corrected chi connectivity index (χ2v) is 5.13. The SMILES string of the molecule is COc1ccc(CNC(=O)NCCc2ccc(Cl)cc2)cn1. The summed E-state index contributed by atoms with van der Waals surface area (Å²) in [5.74, 6) is 0.552. The van der Waals surface area contributed by atoms with Gasteiger partial charge in [-0.3, -0.25) is 0 Å². The summed E-state index contributed by atoms with van der Waals surface area (Å²) in [5.41, 5.74) is 2.04. The smallest absolute Gasteiger partial charge is 0.315 e. The fourth-order valence-electron chi connectivity index (χ4n) is 1.85. The van der Waals surface area contributed by atoms with Crippen LogP contribution in [-0.2, 0) is 13.0 Å². The third kappa shape index (κ3) is 5.26. The van der Waals surface area contributed by atoms with Crippen molar-refractivity contribution in [2.75, 3.05) is 13.7 Å². The van der Waals surface area contributed by atoms with Crippen LogP contribution in [0.5, 0.6) is 5.88 Å². The van der Waals surface area contributed by atoms with E-state index >= 15 is 0 Å². The standard InChI is InChI=1S/C16H18ClN3O2/c1-22-15-7-4-13(10-19-15)11-20-16(21)18-9-8-12-2-5-14(17)6-3-12/h2-7,10H,8-9,11H2,1H3,(H2,18,20,21). The first kappa shape index (κ1) is 16.1. The van der Waals surface area contributed by atoms with Gasteiger partial charge in [0, 0.05) is 30.4 Å². The van der Waals surface area contributed by atoms with E-state index in [0.29, 0.717) is 24.0 Å². The van der Waals surface area contributed by atoms with Gasteiger partial charge in [-0.2, -0.15) is 0 Å². The van der Waals surface area contributed by atoms with E-state index < -0.39 is 0 Å². The Bertz CT molecular complexity index is 600. The Morgan fingerprint density at radius 3 is 2.50 bits per heavy atom. The van der Waals surface area contributed by atoms with Gasteiger partial charge in [-0.1, -0.05) is 29.8 Å². The molecule has 1 aromatic heterocycles. The molecule has 2 rings (SSSR count). The highest BCUT2D eigenvalue weighted by Crippen LogP contribution is 2.09.